The summed E-state index contributed by atoms with van der Waals surface area (Å²) in [6, 6.07) is -0.807. The van der Waals surface area contributed by atoms with Crippen LogP contribution >= 0.6 is 0 Å². The van der Waals surface area contributed by atoms with Gasteiger partial charge in [-0.2, -0.15) is 0 Å². The van der Waals surface area contributed by atoms with Crippen LogP contribution in [0, 0.1) is 0 Å². The van der Waals surface area contributed by atoms with Gasteiger partial charge in [0.15, 0.2) is 6.29 Å². The van der Waals surface area contributed by atoms with E-state index in [1.165, 1.54) is 141 Å². The third-order valence-corrected chi connectivity index (χ3v) is 13.7. The first kappa shape index (κ1) is 68.1. The summed E-state index contributed by atoms with van der Waals surface area (Å²) in [7, 11) is 0. The summed E-state index contributed by atoms with van der Waals surface area (Å²) in [6.45, 7) is 3.64. The van der Waals surface area contributed by atoms with Crippen LogP contribution in [0.25, 0.3) is 0 Å². The van der Waals surface area contributed by atoms with Gasteiger partial charge in [0.05, 0.1) is 25.4 Å². The van der Waals surface area contributed by atoms with Crippen LogP contribution in [0.2, 0.25) is 0 Å². The number of amides is 1. The van der Waals surface area contributed by atoms with E-state index >= 15 is 0 Å². The lowest BCUT2D eigenvalue weighted by atomic mass is 9.99. The van der Waals surface area contributed by atoms with Crippen LogP contribution in [0.5, 0.6) is 0 Å². The van der Waals surface area contributed by atoms with Crippen LogP contribution in [-0.4, -0.2) is 87.5 Å². The average molecular weight is 1020 g/mol. The van der Waals surface area contributed by atoms with E-state index in [-0.39, 0.29) is 12.5 Å². The monoisotopic (exact) mass is 1020 g/mol. The third-order valence-electron chi connectivity index (χ3n) is 13.7. The fourth-order valence-corrected chi connectivity index (χ4v) is 8.96. The number of aliphatic hydroxyl groups excluding tert-OH is 5. The summed E-state index contributed by atoms with van der Waals surface area (Å²) >= 11 is 0. The number of allylic oxidation sites excluding steroid dienone is 15. The van der Waals surface area contributed by atoms with Crippen molar-refractivity contribution in [2.24, 2.45) is 0 Å². The topological polar surface area (TPSA) is 149 Å². The molecule has 1 saturated heterocycles. The Morgan fingerprint density at radius 3 is 1.26 bits per heavy atom. The molecule has 9 heteroatoms. The maximum absolute atomic E-state index is 13.0. The summed E-state index contributed by atoms with van der Waals surface area (Å²) in [4.78, 5) is 13.0. The van der Waals surface area contributed by atoms with Crippen molar-refractivity contribution in [3.63, 3.8) is 0 Å². The number of hydrogen-bond donors (Lipinski definition) is 6. The van der Waals surface area contributed by atoms with Gasteiger partial charge in [-0.3, -0.25) is 4.79 Å². The molecule has 1 aliphatic heterocycles. The number of unbranched alkanes of at least 4 members (excludes halogenated alkanes) is 26. The van der Waals surface area contributed by atoms with Gasteiger partial charge in [0.2, 0.25) is 5.91 Å². The minimum atomic E-state index is -1.57. The van der Waals surface area contributed by atoms with Crippen LogP contribution in [0.4, 0.5) is 0 Å². The van der Waals surface area contributed by atoms with E-state index in [9.17, 15) is 30.3 Å². The van der Waals surface area contributed by atoms with Gasteiger partial charge in [0.25, 0.3) is 0 Å². The lowest BCUT2D eigenvalue weighted by Crippen LogP contribution is -2.60. The van der Waals surface area contributed by atoms with Crippen molar-refractivity contribution < 1.29 is 39.8 Å². The fraction of sp³-hybridized carbons (Fsp3) is 0.734. The Hall–Kier alpha value is -2.89. The minimum Gasteiger partial charge on any atom is -0.394 e. The highest BCUT2D eigenvalue weighted by Gasteiger charge is 2.44. The van der Waals surface area contributed by atoms with E-state index in [4.69, 9.17) is 9.47 Å². The molecule has 0 aromatic heterocycles. The molecule has 0 bridgehead atoms. The molecule has 73 heavy (non-hydrogen) atoms. The van der Waals surface area contributed by atoms with Gasteiger partial charge < -0.3 is 40.3 Å². The van der Waals surface area contributed by atoms with Crippen molar-refractivity contribution in [1.82, 2.24) is 5.32 Å². The molecule has 7 atom stereocenters. The second kappa shape index (κ2) is 52.5. The van der Waals surface area contributed by atoms with Crippen molar-refractivity contribution >= 4 is 5.91 Å². The first-order chi connectivity index (χ1) is 35.8. The van der Waals surface area contributed by atoms with E-state index in [1.807, 2.05) is 6.08 Å². The number of hydrogen-bond acceptors (Lipinski definition) is 8. The molecule has 1 heterocycles. The van der Waals surface area contributed by atoms with E-state index in [1.54, 1.807) is 6.08 Å². The molecule has 1 fully saturated rings. The molecule has 1 aliphatic rings. The summed E-state index contributed by atoms with van der Waals surface area (Å²) in [5.74, 6) is -0.180. The minimum absolute atomic E-state index is 0.180. The molecule has 6 N–H and O–H groups in total. The molecule has 7 unspecified atom stereocenters. The predicted molar refractivity (Wildman–Crippen MR) is 308 cm³/mol. The van der Waals surface area contributed by atoms with Gasteiger partial charge in [-0.05, 0) is 77.0 Å². The van der Waals surface area contributed by atoms with Gasteiger partial charge in [0.1, 0.15) is 24.4 Å². The van der Waals surface area contributed by atoms with Crippen LogP contribution < -0.4 is 5.32 Å². The number of aliphatic hydroxyl groups is 5. The first-order valence-corrected chi connectivity index (χ1v) is 30.0. The zero-order valence-corrected chi connectivity index (χ0v) is 46.6. The Morgan fingerprint density at radius 2 is 0.849 bits per heavy atom. The number of carbonyl (C=O) groups excluding carboxylic acids is 1. The standard InChI is InChI=1S/C64H111NO8/c1-3-5-7-9-11-13-15-16-17-18-19-20-21-22-23-24-25-26-27-28-29-30-31-32-33-34-35-36-37-38-39-40-41-42-44-46-48-50-52-54-60(68)65-57(56-72-64-63(71)62(70)61(69)59(55-66)73-64)58(67)53-51-49-47-45-43-14-12-10-8-6-4-2/h5,7,11,13,16-17,19-20,22-23,25-26,28-29,51,53,57-59,61-64,66-67,69-71H,3-4,6,8-10,12,14-15,18,21,24,27,30-50,52,54-56H2,1-2H3,(H,65,68)/b7-5-,13-11-,17-16-,20-19-,23-22-,26-25-,29-28-,53-51+. The molecule has 1 amide bonds. The van der Waals surface area contributed by atoms with E-state index < -0.39 is 49.5 Å². The second-order valence-electron chi connectivity index (χ2n) is 20.4. The summed E-state index contributed by atoms with van der Waals surface area (Å²) in [6.07, 6.45) is 69.3. The van der Waals surface area contributed by atoms with Gasteiger partial charge in [0, 0.05) is 6.42 Å². The van der Waals surface area contributed by atoms with Gasteiger partial charge in [-0.25, -0.2) is 0 Å². The Labute approximate surface area is 447 Å². The lowest BCUT2D eigenvalue weighted by molar-refractivity contribution is -0.302. The molecule has 1 rings (SSSR count). The zero-order valence-electron chi connectivity index (χ0n) is 46.6. The van der Waals surface area contributed by atoms with E-state index in [0.29, 0.717) is 6.42 Å². The SMILES string of the molecule is CC/C=C\C/C=C\C/C=C\C/C=C\C/C=C\C/C=C\C/C=C\CCCCCCCCCCCCCCCCCCCC(=O)NC(COC1OC(CO)C(O)C(O)C1O)C(O)/C=C/CCCCCCCCCCC. The van der Waals surface area contributed by atoms with Crippen LogP contribution in [0.3, 0.4) is 0 Å². The smallest absolute Gasteiger partial charge is 0.220 e. The van der Waals surface area contributed by atoms with E-state index in [0.717, 1.165) is 83.5 Å². The van der Waals surface area contributed by atoms with Crippen LogP contribution in [0.1, 0.15) is 245 Å². The maximum atomic E-state index is 13.0. The third kappa shape index (κ3) is 42.0. The molecular weight excluding hydrogens is 911 g/mol. The number of carbonyl (C=O) groups is 1. The van der Waals surface area contributed by atoms with E-state index in [2.05, 4.69) is 104 Å². The quantitative estimate of drug-likeness (QED) is 0.0261. The highest BCUT2D eigenvalue weighted by Crippen LogP contribution is 2.23. The first-order valence-electron chi connectivity index (χ1n) is 30.0. The van der Waals surface area contributed by atoms with Crippen molar-refractivity contribution in [3.8, 4) is 0 Å². The molecule has 0 radical (unpaired) electrons. The average Bonchev–Trinajstić information content (AvgIpc) is 3.39. The largest absolute Gasteiger partial charge is 0.394 e. The Bertz CT molecular complexity index is 1460. The van der Waals surface area contributed by atoms with Gasteiger partial charge >= 0.3 is 0 Å². The summed E-state index contributed by atoms with van der Waals surface area (Å²) in [5, 5.41) is 54.3. The number of ether oxygens (including phenoxy) is 2. The number of rotatable bonds is 50. The highest BCUT2D eigenvalue weighted by atomic mass is 16.7. The molecular formula is C64H111NO8. The fourth-order valence-electron chi connectivity index (χ4n) is 8.96. The predicted octanol–water partition coefficient (Wildman–Crippen LogP) is 15.2. The molecule has 420 valence electrons. The molecule has 0 aromatic carbocycles. The van der Waals surface area contributed by atoms with Crippen LogP contribution in [-0.2, 0) is 14.3 Å². The van der Waals surface area contributed by atoms with Crippen molar-refractivity contribution in [2.45, 2.75) is 288 Å². The maximum Gasteiger partial charge on any atom is 0.220 e. The Morgan fingerprint density at radius 1 is 0.479 bits per heavy atom. The molecule has 9 nitrogen and oxygen atoms in total. The normalized spacial score (nSPS) is 19.8. The summed E-state index contributed by atoms with van der Waals surface area (Å²) in [5.41, 5.74) is 0. The molecule has 0 aromatic rings. The van der Waals surface area contributed by atoms with Crippen molar-refractivity contribution in [1.29, 1.82) is 0 Å². The second-order valence-corrected chi connectivity index (χ2v) is 20.4. The Kier molecular flexibility index (Phi) is 49.0. The number of nitrogens with one attached hydrogen (secondary N) is 1. The molecule has 0 aliphatic carbocycles. The van der Waals surface area contributed by atoms with Crippen molar-refractivity contribution in [3.05, 3.63) is 97.2 Å². The highest BCUT2D eigenvalue weighted by molar-refractivity contribution is 5.76. The van der Waals surface area contributed by atoms with Gasteiger partial charge in [-0.15, -0.1) is 0 Å². The van der Waals surface area contributed by atoms with Crippen molar-refractivity contribution in [2.75, 3.05) is 13.2 Å². The summed E-state index contributed by atoms with van der Waals surface area (Å²) < 4.78 is 11.2. The van der Waals surface area contributed by atoms with Gasteiger partial charge in [-0.1, -0.05) is 259 Å². The Balaban J connectivity index is 2.07. The molecule has 0 saturated carbocycles. The molecule has 0 spiro atoms. The van der Waals surface area contributed by atoms with Crippen LogP contribution in [0.15, 0.2) is 97.2 Å². The zero-order chi connectivity index (χ0) is 52.9. The lowest BCUT2D eigenvalue weighted by Gasteiger charge is -2.40.